The number of benzene rings is 2. The molecule has 0 aliphatic rings. The zero-order chi connectivity index (χ0) is 22.4. The van der Waals surface area contributed by atoms with Crippen LogP contribution in [0.25, 0.3) is 10.9 Å². The molecular formula is C19H12BrF3N5NaO3. The maximum Gasteiger partial charge on any atom is 1.00 e. The van der Waals surface area contributed by atoms with Gasteiger partial charge >= 0.3 is 35.2 Å². The van der Waals surface area contributed by atoms with Crippen LogP contribution in [0.1, 0.15) is 11.4 Å². The topological polar surface area (TPSA) is 97.8 Å². The minimum Gasteiger partial charge on any atom is -0.872 e. The van der Waals surface area contributed by atoms with Crippen molar-refractivity contribution in [2.75, 3.05) is 0 Å². The van der Waals surface area contributed by atoms with Crippen LogP contribution < -0.4 is 45.9 Å². The van der Waals surface area contributed by atoms with Crippen molar-refractivity contribution < 1.29 is 47.8 Å². The third-order valence-electron chi connectivity index (χ3n) is 4.59. The van der Waals surface area contributed by atoms with Crippen LogP contribution in [0.2, 0.25) is 0 Å². The zero-order valence-electron chi connectivity index (χ0n) is 16.8. The summed E-state index contributed by atoms with van der Waals surface area (Å²) in [5.41, 5.74) is -1.82. The Hall–Kier alpha value is -2.41. The number of fused-ring (bicyclic) bond motifs is 1. The average molecular weight is 518 g/mol. The maximum atomic E-state index is 13.7. The smallest absolute Gasteiger partial charge is 0.872 e. The van der Waals surface area contributed by atoms with Crippen molar-refractivity contribution in [3.8, 4) is 5.75 Å². The second-order valence-electron chi connectivity index (χ2n) is 6.77. The Morgan fingerprint density at radius 2 is 1.69 bits per heavy atom. The predicted molar refractivity (Wildman–Crippen MR) is 105 cm³/mol. The van der Waals surface area contributed by atoms with Gasteiger partial charge in [-0.2, -0.15) is 5.10 Å². The van der Waals surface area contributed by atoms with Gasteiger partial charge < -0.3 is 5.11 Å². The molecule has 32 heavy (non-hydrogen) atoms. The van der Waals surface area contributed by atoms with Gasteiger partial charge in [-0.25, -0.2) is 22.9 Å². The molecule has 160 valence electrons. The van der Waals surface area contributed by atoms with E-state index in [0.717, 1.165) is 21.3 Å². The number of aryl methyl sites for hydroxylation is 1. The fourth-order valence-electron chi connectivity index (χ4n) is 3.24. The normalized spacial score (nSPS) is 11.0. The van der Waals surface area contributed by atoms with Crippen molar-refractivity contribution in [1.82, 2.24) is 23.9 Å². The van der Waals surface area contributed by atoms with Gasteiger partial charge in [-0.05, 0) is 23.8 Å². The van der Waals surface area contributed by atoms with Crippen LogP contribution in [0.5, 0.6) is 5.75 Å². The molecule has 0 fully saturated rings. The fourth-order valence-corrected chi connectivity index (χ4v) is 3.66. The van der Waals surface area contributed by atoms with Crippen molar-refractivity contribution >= 4 is 26.8 Å². The number of hydrogen-bond acceptors (Lipinski definition) is 5. The van der Waals surface area contributed by atoms with Gasteiger partial charge in [0.15, 0.2) is 23.3 Å². The van der Waals surface area contributed by atoms with Gasteiger partial charge in [-0.15, -0.1) is 0 Å². The van der Waals surface area contributed by atoms with Crippen molar-refractivity contribution in [1.29, 1.82) is 0 Å². The van der Waals surface area contributed by atoms with Crippen LogP contribution in [-0.4, -0.2) is 23.9 Å². The molecule has 4 rings (SSSR count). The van der Waals surface area contributed by atoms with E-state index < -0.39 is 41.0 Å². The molecule has 0 unspecified atom stereocenters. The molecule has 0 saturated carbocycles. The molecule has 0 radical (unpaired) electrons. The van der Waals surface area contributed by atoms with Crippen molar-refractivity contribution in [3.05, 3.63) is 84.7 Å². The summed E-state index contributed by atoms with van der Waals surface area (Å²) in [7, 11) is 1.60. The van der Waals surface area contributed by atoms with Gasteiger partial charge in [-0.1, -0.05) is 27.7 Å². The molecule has 0 aliphatic carbocycles. The van der Waals surface area contributed by atoms with Gasteiger partial charge in [-0.3, -0.25) is 18.6 Å². The molecule has 0 atom stereocenters. The van der Waals surface area contributed by atoms with Gasteiger partial charge in [0, 0.05) is 11.5 Å². The molecule has 0 bridgehead atoms. The molecule has 0 aliphatic heterocycles. The van der Waals surface area contributed by atoms with E-state index in [1.54, 1.807) is 7.05 Å². The van der Waals surface area contributed by atoms with Crippen molar-refractivity contribution in [3.63, 3.8) is 0 Å². The van der Waals surface area contributed by atoms with Crippen molar-refractivity contribution in [2.45, 2.75) is 13.1 Å². The monoisotopic (exact) mass is 517 g/mol. The number of halogens is 4. The standard InChI is InChI=1S/C19H13BrF3N5O3.Na/c1-26-8-24-15(25-26)7-28-18(30)16-13(4-10(20)5-14(16)29)27(19(28)31)6-9-2-11(21)17(23)12(22)3-9;/h2-5,8,29H,6-7H2,1H3;/q;+1/p-1. The van der Waals surface area contributed by atoms with E-state index in [1.165, 1.54) is 23.1 Å². The van der Waals surface area contributed by atoms with Crippen molar-refractivity contribution in [2.24, 2.45) is 7.05 Å². The fraction of sp³-hybridized carbons (Fsp3) is 0.158. The van der Waals surface area contributed by atoms with Crippen LogP contribution in [0.15, 0.2) is 44.7 Å². The summed E-state index contributed by atoms with van der Waals surface area (Å²) in [5, 5.41) is 16.3. The Labute approximate surface area is 208 Å². The summed E-state index contributed by atoms with van der Waals surface area (Å²) in [6.45, 7) is -0.745. The summed E-state index contributed by atoms with van der Waals surface area (Å²) in [4.78, 5) is 30.1. The predicted octanol–water partition coefficient (Wildman–Crippen LogP) is -1.35. The Balaban J connectivity index is 0.00000289. The van der Waals surface area contributed by atoms with Crippen LogP contribution in [0.4, 0.5) is 13.2 Å². The molecule has 8 nitrogen and oxygen atoms in total. The summed E-state index contributed by atoms with van der Waals surface area (Å²) in [6, 6.07) is 4.02. The quantitative estimate of drug-likeness (QED) is 0.246. The van der Waals surface area contributed by atoms with Gasteiger partial charge in [0.05, 0.1) is 24.0 Å². The van der Waals surface area contributed by atoms with Gasteiger partial charge in [0.2, 0.25) is 0 Å². The maximum absolute atomic E-state index is 13.7. The molecule has 4 aromatic rings. The molecular weight excluding hydrogens is 506 g/mol. The molecule has 2 heterocycles. The number of rotatable bonds is 4. The Morgan fingerprint density at radius 1 is 1.03 bits per heavy atom. The Bertz CT molecular complexity index is 1440. The zero-order valence-corrected chi connectivity index (χ0v) is 20.4. The minimum atomic E-state index is -1.64. The van der Waals surface area contributed by atoms with Gasteiger partial charge in [0.1, 0.15) is 6.33 Å². The molecule has 2 aromatic heterocycles. The first kappa shape index (κ1) is 24.2. The summed E-state index contributed by atoms with van der Waals surface area (Å²) < 4.78 is 44.1. The summed E-state index contributed by atoms with van der Waals surface area (Å²) in [5.74, 6) is -5.00. The first-order valence-electron chi connectivity index (χ1n) is 8.77. The molecule has 0 N–H and O–H groups in total. The SMILES string of the molecule is Cn1cnc(Cn2c(=O)c3c([O-])cc(Br)cc3n(Cc3cc(F)c(F)c(F)c3)c2=O)n1.[Na+]. The second-order valence-corrected chi connectivity index (χ2v) is 7.68. The van der Waals surface area contributed by atoms with E-state index >= 15 is 0 Å². The number of nitrogens with zero attached hydrogens (tertiary/aromatic N) is 5. The molecule has 0 saturated heterocycles. The number of aromatic nitrogens is 5. The van der Waals surface area contributed by atoms with E-state index in [0.29, 0.717) is 4.47 Å². The van der Waals surface area contributed by atoms with Crippen LogP contribution >= 0.6 is 15.9 Å². The average Bonchev–Trinajstić information content (AvgIpc) is 3.10. The third-order valence-corrected chi connectivity index (χ3v) is 5.05. The Morgan fingerprint density at radius 3 is 2.28 bits per heavy atom. The first-order chi connectivity index (χ1) is 14.7. The molecule has 0 spiro atoms. The van der Waals surface area contributed by atoms with E-state index in [-0.39, 0.29) is 58.4 Å². The third kappa shape index (κ3) is 4.40. The van der Waals surface area contributed by atoms with Gasteiger partial charge in [0.25, 0.3) is 5.56 Å². The van der Waals surface area contributed by atoms with Crippen LogP contribution in [0.3, 0.4) is 0 Å². The van der Waals surface area contributed by atoms with E-state index in [9.17, 15) is 27.9 Å². The summed E-state index contributed by atoms with van der Waals surface area (Å²) >= 11 is 3.14. The second kappa shape index (κ2) is 9.22. The first-order valence-corrected chi connectivity index (χ1v) is 9.57. The Kier molecular flexibility index (Phi) is 6.98. The summed E-state index contributed by atoms with van der Waals surface area (Å²) in [6.07, 6.45) is 1.38. The van der Waals surface area contributed by atoms with Crippen LogP contribution in [0, 0.1) is 17.5 Å². The van der Waals surface area contributed by atoms with E-state index in [4.69, 9.17) is 0 Å². The molecule has 2 aromatic carbocycles. The van der Waals surface area contributed by atoms with Crippen LogP contribution in [-0.2, 0) is 20.1 Å². The van der Waals surface area contributed by atoms with E-state index in [2.05, 4.69) is 26.0 Å². The van der Waals surface area contributed by atoms with E-state index in [1.807, 2.05) is 0 Å². The molecule has 0 amide bonds. The number of hydrogen-bond donors (Lipinski definition) is 0. The largest absolute Gasteiger partial charge is 1.00 e. The minimum absolute atomic E-state index is 0. The molecule has 13 heteroatoms.